The molecule has 1 N–H and O–H groups in total. The van der Waals surface area contributed by atoms with Gasteiger partial charge in [0.15, 0.2) is 0 Å². The number of likely N-dealkylation sites (tertiary alicyclic amines) is 1. The molecule has 1 aromatic heterocycles. The fraction of sp³-hybridized carbons (Fsp3) is 0.485. The van der Waals surface area contributed by atoms with Crippen molar-refractivity contribution in [2.24, 2.45) is 11.8 Å². The molecule has 5 nitrogen and oxygen atoms in total. The maximum Gasteiger partial charge on any atom is 0.222 e. The molecule has 3 aromatic rings. The van der Waals surface area contributed by atoms with Gasteiger partial charge in [-0.15, -0.1) is 0 Å². The van der Waals surface area contributed by atoms with Gasteiger partial charge in [-0.05, 0) is 70.6 Å². The number of aromatic amines is 1. The fourth-order valence-corrected chi connectivity index (χ4v) is 6.99. The minimum Gasteiger partial charge on any atom is -0.487 e. The number of nitrogens with zero attached hydrogens (tertiary/aromatic N) is 1. The molecule has 38 heavy (non-hydrogen) atoms. The van der Waals surface area contributed by atoms with E-state index < -0.39 is 0 Å². The number of H-pyrrole nitrogens is 1. The quantitative estimate of drug-likeness (QED) is 0.362. The number of benzene rings is 2. The lowest BCUT2D eigenvalue weighted by Gasteiger charge is -2.54. The smallest absolute Gasteiger partial charge is 0.222 e. The van der Waals surface area contributed by atoms with E-state index in [2.05, 4.69) is 85.4 Å². The van der Waals surface area contributed by atoms with Crippen molar-refractivity contribution in [2.75, 3.05) is 13.1 Å². The Bertz CT molecular complexity index is 1340. The summed E-state index contributed by atoms with van der Waals surface area (Å²) in [4.78, 5) is 18.8. The lowest BCUT2D eigenvalue weighted by atomic mass is 9.68. The van der Waals surface area contributed by atoms with Gasteiger partial charge in [0.2, 0.25) is 5.91 Å². The maximum atomic E-state index is 13.3. The van der Waals surface area contributed by atoms with Gasteiger partial charge in [-0.3, -0.25) is 4.79 Å². The number of carbonyl (C=O) groups excluding carboxylic acids is 1. The van der Waals surface area contributed by atoms with Crippen molar-refractivity contribution in [3.8, 4) is 5.75 Å². The molecule has 2 fully saturated rings. The first kappa shape index (κ1) is 25.2. The van der Waals surface area contributed by atoms with E-state index in [-0.39, 0.29) is 29.6 Å². The van der Waals surface area contributed by atoms with E-state index in [0.717, 1.165) is 56.5 Å². The number of aromatic nitrogens is 1. The van der Waals surface area contributed by atoms with Crippen LogP contribution in [0.5, 0.6) is 5.75 Å². The summed E-state index contributed by atoms with van der Waals surface area (Å²) in [6, 6.07) is 16.7. The molecule has 6 rings (SSSR count). The molecular weight excluding hydrogens is 472 g/mol. The number of allylic oxidation sites excluding steroid dienone is 2. The highest BCUT2D eigenvalue weighted by atomic mass is 16.5. The van der Waals surface area contributed by atoms with E-state index in [0.29, 0.717) is 12.3 Å². The largest absolute Gasteiger partial charge is 0.487 e. The standard InChI is InChI=1S/C33H40N2O3/c1-22(2)9-8-17-33(3)27-19-24-21-35(31(36)15-14-23-20-34-28-12-6-4-10-25(23)28)18-16-29(24)37-32(27)26-11-5-7-13-30(26)38-33/h4-7,9-13,20,24,27,29,32,34H,8,14-19,21H2,1-3H3/t24-,27-,29-,32+,33+/m0/s1. The molecule has 0 aliphatic carbocycles. The second kappa shape index (κ2) is 10.3. The van der Waals surface area contributed by atoms with Crippen molar-refractivity contribution >= 4 is 16.8 Å². The average Bonchev–Trinajstić information content (AvgIpc) is 3.33. The number of fused-ring (bicyclic) bond motifs is 5. The number of nitrogens with one attached hydrogen (secondary N) is 1. The highest BCUT2D eigenvalue weighted by Gasteiger charge is 2.53. The molecule has 0 bridgehead atoms. The molecular formula is C33H40N2O3. The molecule has 200 valence electrons. The summed E-state index contributed by atoms with van der Waals surface area (Å²) in [5, 5.41) is 1.22. The van der Waals surface area contributed by atoms with Gasteiger partial charge in [0.1, 0.15) is 11.4 Å². The van der Waals surface area contributed by atoms with Gasteiger partial charge in [0.25, 0.3) is 0 Å². The van der Waals surface area contributed by atoms with E-state index in [1.807, 2.05) is 6.07 Å². The van der Waals surface area contributed by atoms with Crippen LogP contribution in [0.25, 0.3) is 10.9 Å². The van der Waals surface area contributed by atoms with Crippen LogP contribution >= 0.6 is 0 Å². The molecule has 5 heteroatoms. The zero-order valence-electron chi connectivity index (χ0n) is 22.9. The van der Waals surface area contributed by atoms with E-state index >= 15 is 0 Å². The molecule has 5 atom stereocenters. The number of ether oxygens (including phenoxy) is 2. The highest BCUT2D eigenvalue weighted by Crippen LogP contribution is 2.54. The molecule has 0 saturated carbocycles. The lowest BCUT2D eigenvalue weighted by Crippen LogP contribution is -2.56. The second-order valence-electron chi connectivity index (χ2n) is 12.0. The monoisotopic (exact) mass is 512 g/mol. The van der Waals surface area contributed by atoms with Crippen molar-refractivity contribution in [2.45, 2.75) is 77.1 Å². The molecule has 0 spiro atoms. The van der Waals surface area contributed by atoms with Crippen LogP contribution in [0.15, 0.2) is 66.4 Å². The number of amides is 1. The number of rotatable bonds is 6. The van der Waals surface area contributed by atoms with Gasteiger partial charge < -0.3 is 19.4 Å². The predicted octanol–water partition coefficient (Wildman–Crippen LogP) is 6.99. The van der Waals surface area contributed by atoms with Crippen LogP contribution in [-0.4, -0.2) is 40.6 Å². The van der Waals surface area contributed by atoms with Crippen molar-refractivity contribution in [1.29, 1.82) is 0 Å². The normalized spacial score (nSPS) is 28.1. The average molecular weight is 513 g/mol. The minimum absolute atomic E-state index is 0.0574. The molecule has 0 unspecified atom stereocenters. The number of para-hydroxylation sites is 2. The van der Waals surface area contributed by atoms with Crippen LogP contribution in [0.4, 0.5) is 0 Å². The number of carbonyl (C=O) groups is 1. The van der Waals surface area contributed by atoms with Gasteiger partial charge in [0.05, 0.1) is 12.2 Å². The number of hydrogen-bond donors (Lipinski definition) is 1. The first-order valence-electron chi connectivity index (χ1n) is 14.3. The summed E-state index contributed by atoms with van der Waals surface area (Å²) in [6.45, 7) is 8.15. The Labute approximate surface area is 226 Å². The van der Waals surface area contributed by atoms with Crippen LogP contribution in [0.2, 0.25) is 0 Å². The SMILES string of the molecule is CC(C)=CCC[C@@]1(C)Oc2ccccc2[C@H]2O[C@H]3CCN(C(=O)CCc4c[nH]c5ccccc45)C[C@@H]3C[C@@H]21. The summed E-state index contributed by atoms with van der Waals surface area (Å²) in [5.74, 6) is 1.84. The van der Waals surface area contributed by atoms with Gasteiger partial charge >= 0.3 is 0 Å². The van der Waals surface area contributed by atoms with Crippen molar-refractivity contribution in [1.82, 2.24) is 9.88 Å². The van der Waals surface area contributed by atoms with Crippen molar-refractivity contribution in [3.63, 3.8) is 0 Å². The van der Waals surface area contributed by atoms with E-state index in [4.69, 9.17) is 9.47 Å². The third-order valence-corrected chi connectivity index (χ3v) is 9.09. The Balaban J connectivity index is 1.16. The summed E-state index contributed by atoms with van der Waals surface area (Å²) < 4.78 is 13.6. The maximum absolute atomic E-state index is 13.3. The number of aryl methyl sites for hydroxylation is 1. The summed E-state index contributed by atoms with van der Waals surface area (Å²) >= 11 is 0. The summed E-state index contributed by atoms with van der Waals surface area (Å²) in [6.07, 6.45) is 9.82. The van der Waals surface area contributed by atoms with E-state index in [1.165, 1.54) is 22.1 Å². The number of piperidine rings is 1. The van der Waals surface area contributed by atoms with E-state index in [1.54, 1.807) is 0 Å². The van der Waals surface area contributed by atoms with Crippen LogP contribution in [0, 0.1) is 11.8 Å². The molecule has 4 heterocycles. The van der Waals surface area contributed by atoms with Gasteiger partial charge in [-0.1, -0.05) is 48.0 Å². The summed E-state index contributed by atoms with van der Waals surface area (Å²) in [5.41, 5.74) is 4.59. The number of hydrogen-bond acceptors (Lipinski definition) is 3. The van der Waals surface area contributed by atoms with Crippen LogP contribution in [0.3, 0.4) is 0 Å². The first-order chi connectivity index (χ1) is 18.4. The van der Waals surface area contributed by atoms with Crippen LogP contribution in [0.1, 0.15) is 70.1 Å². The molecule has 1 amide bonds. The van der Waals surface area contributed by atoms with Crippen LogP contribution in [-0.2, 0) is 16.0 Å². The van der Waals surface area contributed by atoms with Crippen molar-refractivity contribution in [3.05, 3.63) is 77.5 Å². The Hall–Kier alpha value is -3.05. The molecule has 0 radical (unpaired) electrons. The highest BCUT2D eigenvalue weighted by molar-refractivity contribution is 5.84. The van der Waals surface area contributed by atoms with Crippen molar-refractivity contribution < 1.29 is 14.3 Å². The van der Waals surface area contributed by atoms with Gasteiger partial charge in [0, 0.05) is 54.0 Å². The Morgan fingerprint density at radius 2 is 1.97 bits per heavy atom. The third kappa shape index (κ3) is 4.77. The zero-order valence-corrected chi connectivity index (χ0v) is 22.9. The molecule has 3 aliphatic heterocycles. The molecule has 2 saturated heterocycles. The van der Waals surface area contributed by atoms with Gasteiger partial charge in [-0.2, -0.15) is 0 Å². The molecule has 3 aliphatic rings. The predicted molar refractivity (Wildman–Crippen MR) is 151 cm³/mol. The van der Waals surface area contributed by atoms with Gasteiger partial charge in [-0.25, -0.2) is 0 Å². The molecule has 2 aromatic carbocycles. The second-order valence-corrected chi connectivity index (χ2v) is 12.0. The topological polar surface area (TPSA) is 54.6 Å². The Morgan fingerprint density at radius 3 is 2.84 bits per heavy atom. The van der Waals surface area contributed by atoms with Crippen LogP contribution < -0.4 is 4.74 Å². The Morgan fingerprint density at radius 1 is 1.16 bits per heavy atom. The Kier molecular flexibility index (Phi) is 6.81. The third-order valence-electron chi connectivity index (χ3n) is 9.09. The zero-order chi connectivity index (χ0) is 26.3. The lowest BCUT2D eigenvalue weighted by molar-refractivity contribution is -0.193. The van der Waals surface area contributed by atoms with E-state index in [9.17, 15) is 4.79 Å². The minimum atomic E-state index is -0.294. The first-order valence-corrected chi connectivity index (χ1v) is 14.3. The fourth-order valence-electron chi connectivity index (χ4n) is 6.99. The summed E-state index contributed by atoms with van der Waals surface area (Å²) in [7, 11) is 0.